The number of benzene rings is 1. The standard InChI is InChI=1S/C13H20N2O2S/c1-11-3-5-13(6-4-11)15-8-7-12(10-15)9-14-18(2,16)17/h3-6,12,14H,7-10H2,1-2H3. The van der Waals surface area contributed by atoms with Crippen LogP contribution in [0, 0.1) is 12.8 Å². The topological polar surface area (TPSA) is 49.4 Å². The van der Waals surface area contributed by atoms with Gasteiger partial charge in [-0.05, 0) is 31.4 Å². The first-order valence-electron chi connectivity index (χ1n) is 6.20. The van der Waals surface area contributed by atoms with E-state index in [2.05, 4.69) is 40.8 Å². The van der Waals surface area contributed by atoms with E-state index in [1.165, 1.54) is 17.5 Å². The largest absolute Gasteiger partial charge is 0.371 e. The van der Waals surface area contributed by atoms with Gasteiger partial charge in [-0.15, -0.1) is 0 Å². The molecule has 0 aliphatic carbocycles. The van der Waals surface area contributed by atoms with E-state index >= 15 is 0 Å². The number of nitrogens with one attached hydrogen (secondary N) is 1. The van der Waals surface area contributed by atoms with Crippen molar-refractivity contribution in [1.29, 1.82) is 0 Å². The average molecular weight is 268 g/mol. The molecule has 5 heteroatoms. The molecule has 0 amide bonds. The molecule has 1 unspecified atom stereocenters. The first-order chi connectivity index (χ1) is 8.44. The van der Waals surface area contributed by atoms with Crippen LogP contribution in [0.25, 0.3) is 0 Å². The Morgan fingerprint density at radius 1 is 1.33 bits per heavy atom. The molecule has 1 aliphatic heterocycles. The summed E-state index contributed by atoms with van der Waals surface area (Å²) in [6.07, 6.45) is 2.25. The van der Waals surface area contributed by atoms with Crippen molar-refractivity contribution in [3.05, 3.63) is 29.8 Å². The third kappa shape index (κ3) is 3.71. The second-order valence-electron chi connectivity index (χ2n) is 5.06. The second-order valence-corrected chi connectivity index (χ2v) is 6.89. The minimum Gasteiger partial charge on any atom is -0.371 e. The van der Waals surface area contributed by atoms with Crippen molar-refractivity contribution in [2.45, 2.75) is 13.3 Å². The Balaban J connectivity index is 1.90. The molecule has 0 bridgehead atoms. The molecule has 0 saturated carbocycles. The Kier molecular flexibility index (Phi) is 3.92. The first kappa shape index (κ1) is 13.4. The Morgan fingerprint density at radius 2 is 2.00 bits per heavy atom. The molecular weight excluding hydrogens is 248 g/mol. The average Bonchev–Trinajstić information content (AvgIpc) is 2.75. The summed E-state index contributed by atoms with van der Waals surface area (Å²) in [7, 11) is -3.07. The van der Waals surface area contributed by atoms with Gasteiger partial charge in [-0.3, -0.25) is 0 Å². The number of sulfonamides is 1. The van der Waals surface area contributed by atoms with Crippen LogP contribution >= 0.6 is 0 Å². The van der Waals surface area contributed by atoms with E-state index in [0.717, 1.165) is 19.5 Å². The van der Waals surface area contributed by atoms with Crippen molar-refractivity contribution >= 4 is 15.7 Å². The van der Waals surface area contributed by atoms with Gasteiger partial charge in [0, 0.05) is 25.3 Å². The van der Waals surface area contributed by atoms with Crippen molar-refractivity contribution in [1.82, 2.24) is 4.72 Å². The fourth-order valence-electron chi connectivity index (χ4n) is 2.26. The van der Waals surface area contributed by atoms with Gasteiger partial charge < -0.3 is 4.90 Å². The highest BCUT2D eigenvalue weighted by Gasteiger charge is 2.23. The maximum atomic E-state index is 11.1. The molecule has 1 N–H and O–H groups in total. The lowest BCUT2D eigenvalue weighted by molar-refractivity contribution is 0.545. The monoisotopic (exact) mass is 268 g/mol. The van der Waals surface area contributed by atoms with Gasteiger partial charge in [-0.1, -0.05) is 17.7 Å². The van der Waals surface area contributed by atoms with Crippen LogP contribution < -0.4 is 9.62 Å². The molecule has 1 aromatic rings. The van der Waals surface area contributed by atoms with Crippen molar-refractivity contribution < 1.29 is 8.42 Å². The van der Waals surface area contributed by atoms with Gasteiger partial charge in [0.1, 0.15) is 0 Å². The van der Waals surface area contributed by atoms with E-state index in [1.807, 2.05) is 0 Å². The minimum absolute atomic E-state index is 0.404. The zero-order chi connectivity index (χ0) is 13.2. The van der Waals surface area contributed by atoms with Crippen LogP contribution in [0.1, 0.15) is 12.0 Å². The summed E-state index contributed by atoms with van der Waals surface area (Å²) in [5.74, 6) is 0.404. The van der Waals surface area contributed by atoms with Gasteiger partial charge >= 0.3 is 0 Å². The lowest BCUT2D eigenvalue weighted by Gasteiger charge is -2.19. The molecule has 18 heavy (non-hydrogen) atoms. The van der Waals surface area contributed by atoms with Gasteiger partial charge in [-0.2, -0.15) is 0 Å². The van der Waals surface area contributed by atoms with E-state index in [9.17, 15) is 8.42 Å². The molecule has 4 nitrogen and oxygen atoms in total. The normalized spacial score (nSPS) is 20.3. The SMILES string of the molecule is Cc1ccc(N2CCC(CNS(C)(=O)=O)C2)cc1. The molecule has 0 aromatic heterocycles. The van der Waals surface area contributed by atoms with Crippen LogP contribution in [-0.4, -0.2) is 34.3 Å². The Labute approximate surface area is 109 Å². The first-order valence-corrected chi connectivity index (χ1v) is 8.09. The molecule has 1 saturated heterocycles. The molecule has 2 rings (SSSR count). The Bertz CT molecular complexity index is 496. The highest BCUT2D eigenvalue weighted by atomic mass is 32.2. The highest BCUT2D eigenvalue weighted by molar-refractivity contribution is 7.88. The van der Waals surface area contributed by atoms with Crippen LogP contribution in [0.4, 0.5) is 5.69 Å². The Morgan fingerprint density at radius 3 is 2.61 bits per heavy atom. The zero-order valence-corrected chi connectivity index (χ0v) is 11.7. The summed E-state index contributed by atoms with van der Waals surface area (Å²) in [4.78, 5) is 2.31. The number of hydrogen-bond acceptors (Lipinski definition) is 3. The van der Waals surface area contributed by atoms with Gasteiger partial charge in [0.05, 0.1) is 6.26 Å². The zero-order valence-electron chi connectivity index (χ0n) is 10.9. The molecule has 1 aromatic carbocycles. The van der Waals surface area contributed by atoms with Crippen LogP contribution in [0.15, 0.2) is 24.3 Å². The maximum Gasteiger partial charge on any atom is 0.208 e. The van der Waals surface area contributed by atoms with Gasteiger partial charge in [0.2, 0.25) is 10.0 Å². The van der Waals surface area contributed by atoms with Gasteiger partial charge in [0.25, 0.3) is 0 Å². The van der Waals surface area contributed by atoms with Crippen molar-refractivity contribution in [3.8, 4) is 0 Å². The molecule has 0 radical (unpaired) electrons. The summed E-state index contributed by atoms with van der Waals surface area (Å²) < 4.78 is 24.7. The third-order valence-corrected chi connectivity index (χ3v) is 4.01. The summed E-state index contributed by atoms with van der Waals surface area (Å²) in [6.45, 7) is 4.54. The quantitative estimate of drug-likeness (QED) is 0.897. The molecule has 0 spiro atoms. The lowest BCUT2D eigenvalue weighted by Crippen LogP contribution is -2.30. The van der Waals surface area contributed by atoms with E-state index in [4.69, 9.17) is 0 Å². The summed E-state index contributed by atoms with van der Waals surface area (Å²) in [6, 6.07) is 8.47. The molecule has 100 valence electrons. The van der Waals surface area contributed by atoms with Crippen LogP contribution in [0.2, 0.25) is 0 Å². The molecule has 1 aliphatic rings. The second kappa shape index (κ2) is 5.28. The van der Waals surface area contributed by atoms with E-state index in [1.54, 1.807) is 0 Å². The number of hydrogen-bond donors (Lipinski definition) is 1. The number of rotatable bonds is 4. The van der Waals surface area contributed by atoms with Crippen molar-refractivity contribution in [2.75, 3.05) is 30.8 Å². The van der Waals surface area contributed by atoms with E-state index in [0.29, 0.717) is 12.5 Å². The summed E-state index contributed by atoms with van der Waals surface area (Å²) in [5, 5.41) is 0. The fraction of sp³-hybridized carbons (Fsp3) is 0.538. The predicted octanol–water partition coefficient (Wildman–Crippen LogP) is 1.37. The van der Waals surface area contributed by atoms with Crippen LogP contribution in [-0.2, 0) is 10.0 Å². The van der Waals surface area contributed by atoms with Crippen LogP contribution in [0.5, 0.6) is 0 Å². The smallest absolute Gasteiger partial charge is 0.208 e. The highest BCUT2D eigenvalue weighted by Crippen LogP contribution is 2.23. The minimum atomic E-state index is -3.07. The molecular formula is C13H20N2O2S. The summed E-state index contributed by atoms with van der Waals surface area (Å²) >= 11 is 0. The van der Waals surface area contributed by atoms with Crippen molar-refractivity contribution in [2.24, 2.45) is 5.92 Å². The molecule has 1 atom stereocenters. The number of anilines is 1. The maximum absolute atomic E-state index is 11.1. The van der Waals surface area contributed by atoms with Crippen LogP contribution in [0.3, 0.4) is 0 Å². The number of nitrogens with zero attached hydrogens (tertiary/aromatic N) is 1. The van der Waals surface area contributed by atoms with Gasteiger partial charge in [0.15, 0.2) is 0 Å². The Hall–Kier alpha value is -1.07. The van der Waals surface area contributed by atoms with E-state index in [-0.39, 0.29) is 0 Å². The molecule has 1 fully saturated rings. The lowest BCUT2D eigenvalue weighted by atomic mass is 10.1. The predicted molar refractivity (Wildman–Crippen MR) is 74.3 cm³/mol. The molecule has 1 heterocycles. The van der Waals surface area contributed by atoms with Gasteiger partial charge in [-0.25, -0.2) is 13.1 Å². The van der Waals surface area contributed by atoms with E-state index < -0.39 is 10.0 Å². The third-order valence-electron chi connectivity index (χ3n) is 3.32. The fourth-order valence-corrected chi connectivity index (χ4v) is 2.80. The van der Waals surface area contributed by atoms with Crippen molar-refractivity contribution in [3.63, 3.8) is 0 Å². The number of aryl methyl sites for hydroxylation is 1. The summed E-state index contributed by atoms with van der Waals surface area (Å²) in [5.41, 5.74) is 2.48.